The summed E-state index contributed by atoms with van der Waals surface area (Å²) in [4.78, 5) is 4.43. The van der Waals surface area contributed by atoms with Crippen molar-refractivity contribution in [1.29, 1.82) is 0 Å². The molecule has 3 N–H and O–H groups in total. The van der Waals surface area contributed by atoms with Crippen molar-refractivity contribution in [2.45, 2.75) is 13.5 Å². The second kappa shape index (κ2) is 6.45. The first kappa shape index (κ1) is 15.1. The summed E-state index contributed by atoms with van der Waals surface area (Å²) in [7, 11) is 0. The van der Waals surface area contributed by atoms with Crippen molar-refractivity contribution >= 4 is 28.7 Å². The number of aromatic nitrogens is 1. The minimum atomic E-state index is -2.84. The number of nitrogens with zero attached hydrogens (tertiary/aromatic N) is 1. The Labute approximate surface area is 125 Å². The Morgan fingerprint density at radius 1 is 1.29 bits per heavy atom. The average Bonchev–Trinajstić information content (AvgIpc) is 2.40. The Bertz CT molecular complexity index is 647. The topological polar surface area (TPSA) is 60.2 Å². The Morgan fingerprint density at radius 3 is 2.52 bits per heavy atom. The van der Waals surface area contributed by atoms with Gasteiger partial charge in [0.1, 0.15) is 16.6 Å². The highest BCUT2D eigenvalue weighted by Gasteiger charge is 2.10. The second-order valence-corrected chi connectivity index (χ2v) is 4.68. The lowest BCUT2D eigenvalue weighted by Crippen LogP contribution is -2.14. The lowest BCUT2D eigenvalue weighted by atomic mass is 10.1. The number of aryl methyl sites for hydroxylation is 1. The molecule has 4 nitrogen and oxygen atoms in total. The van der Waals surface area contributed by atoms with Crippen LogP contribution in [-0.2, 0) is 0 Å². The average molecular weight is 309 g/mol. The molecule has 2 rings (SSSR count). The van der Waals surface area contributed by atoms with Gasteiger partial charge in [0.05, 0.1) is 5.56 Å². The molecule has 0 spiro atoms. The molecular formula is C14H13F2N3OS. The maximum absolute atomic E-state index is 12.1. The van der Waals surface area contributed by atoms with E-state index in [0.717, 1.165) is 5.56 Å². The summed E-state index contributed by atoms with van der Waals surface area (Å²) in [6.07, 6.45) is 1.63. The number of hydrogen-bond acceptors (Lipinski definition) is 4. The maximum Gasteiger partial charge on any atom is 0.387 e. The van der Waals surface area contributed by atoms with E-state index in [1.54, 1.807) is 24.4 Å². The maximum atomic E-state index is 12.1. The third-order valence-electron chi connectivity index (χ3n) is 2.75. The van der Waals surface area contributed by atoms with E-state index in [1.165, 1.54) is 12.1 Å². The molecule has 0 aliphatic heterocycles. The third kappa shape index (κ3) is 3.85. The molecule has 1 aromatic heterocycles. The van der Waals surface area contributed by atoms with Gasteiger partial charge in [0.25, 0.3) is 0 Å². The van der Waals surface area contributed by atoms with Gasteiger partial charge in [-0.25, -0.2) is 4.98 Å². The lowest BCUT2D eigenvalue weighted by Gasteiger charge is -2.12. The highest BCUT2D eigenvalue weighted by molar-refractivity contribution is 7.80. The molecule has 0 unspecified atom stereocenters. The van der Waals surface area contributed by atoms with Crippen LogP contribution in [0.5, 0.6) is 5.75 Å². The van der Waals surface area contributed by atoms with Gasteiger partial charge in [-0.3, -0.25) is 0 Å². The quantitative estimate of drug-likeness (QED) is 0.829. The predicted octanol–water partition coefficient (Wildman–Crippen LogP) is 3.37. The third-order valence-corrected chi connectivity index (χ3v) is 2.95. The predicted molar refractivity (Wildman–Crippen MR) is 81.2 cm³/mol. The van der Waals surface area contributed by atoms with Gasteiger partial charge in [0.2, 0.25) is 0 Å². The summed E-state index contributed by atoms with van der Waals surface area (Å²) in [5.41, 5.74) is 7.91. The van der Waals surface area contributed by atoms with Gasteiger partial charge in [-0.15, -0.1) is 0 Å². The summed E-state index contributed by atoms with van der Waals surface area (Å²) in [5.74, 6) is 0.604. The molecule has 0 saturated heterocycles. The fraction of sp³-hybridized carbons (Fsp3) is 0.143. The monoisotopic (exact) mass is 309 g/mol. The van der Waals surface area contributed by atoms with E-state index in [9.17, 15) is 8.78 Å². The zero-order valence-corrected chi connectivity index (χ0v) is 12.0. The molecule has 0 aliphatic carbocycles. The van der Waals surface area contributed by atoms with E-state index in [-0.39, 0.29) is 10.7 Å². The first-order chi connectivity index (χ1) is 9.97. The van der Waals surface area contributed by atoms with Crippen molar-refractivity contribution in [2.75, 3.05) is 5.32 Å². The van der Waals surface area contributed by atoms with Crippen LogP contribution >= 0.6 is 12.2 Å². The van der Waals surface area contributed by atoms with Crippen molar-refractivity contribution in [2.24, 2.45) is 5.73 Å². The van der Waals surface area contributed by atoms with Gasteiger partial charge in [0.15, 0.2) is 0 Å². The van der Waals surface area contributed by atoms with E-state index >= 15 is 0 Å². The Balaban J connectivity index is 2.22. The summed E-state index contributed by atoms with van der Waals surface area (Å²) >= 11 is 5.02. The molecule has 0 amide bonds. The zero-order chi connectivity index (χ0) is 15.4. The number of anilines is 2. The van der Waals surface area contributed by atoms with Crippen LogP contribution in [0.2, 0.25) is 0 Å². The highest BCUT2D eigenvalue weighted by atomic mass is 32.1. The number of ether oxygens (including phenoxy) is 1. The SMILES string of the molecule is Cc1ccnc(Nc2ccc(OC(F)F)cc2)c1C(N)=S. The summed E-state index contributed by atoms with van der Waals surface area (Å²) in [6.45, 7) is -0.968. The molecule has 1 aromatic carbocycles. The number of thiocarbonyl (C=S) groups is 1. The first-order valence-corrected chi connectivity index (χ1v) is 6.45. The van der Waals surface area contributed by atoms with Crippen molar-refractivity contribution in [1.82, 2.24) is 4.98 Å². The number of nitrogens with one attached hydrogen (secondary N) is 1. The van der Waals surface area contributed by atoms with Crippen molar-refractivity contribution in [3.63, 3.8) is 0 Å². The largest absolute Gasteiger partial charge is 0.435 e. The van der Waals surface area contributed by atoms with Gasteiger partial charge in [-0.05, 0) is 42.8 Å². The smallest absolute Gasteiger partial charge is 0.387 e. The fourth-order valence-corrected chi connectivity index (χ4v) is 2.08. The number of hydrogen-bond donors (Lipinski definition) is 2. The van der Waals surface area contributed by atoms with E-state index < -0.39 is 6.61 Å². The zero-order valence-electron chi connectivity index (χ0n) is 11.1. The van der Waals surface area contributed by atoms with Crippen LogP contribution in [0.15, 0.2) is 36.5 Å². The molecule has 0 radical (unpaired) electrons. The van der Waals surface area contributed by atoms with Crippen molar-refractivity contribution < 1.29 is 13.5 Å². The van der Waals surface area contributed by atoms with Gasteiger partial charge in [0, 0.05) is 11.9 Å². The van der Waals surface area contributed by atoms with E-state index in [4.69, 9.17) is 18.0 Å². The van der Waals surface area contributed by atoms with Gasteiger partial charge < -0.3 is 15.8 Å². The van der Waals surface area contributed by atoms with E-state index in [0.29, 0.717) is 17.1 Å². The molecule has 0 aliphatic rings. The number of rotatable bonds is 5. The minimum absolute atomic E-state index is 0.0855. The van der Waals surface area contributed by atoms with Crippen LogP contribution in [0.3, 0.4) is 0 Å². The number of halogens is 2. The molecule has 21 heavy (non-hydrogen) atoms. The van der Waals surface area contributed by atoms with E-state index in [1.807, 2.05) is 6.92 Å². The Hall–Kier alpha value is -2.28. The molecule has 1 heterocycles. The Kier molecular flexibility index (Phi) is 4.64. The molecule has 0 fully saturated rings. The second-order valence-electron chi connectivity index (χ2n) is 4.24. The molecule has 2 aromatic rings. The number of nitrogens with two attached hydrogens (primary N) is 1. The number of alkyl halides is 2. The molecule has 0 bridgehead atoms. The van der Waals surface area contributed by atoms with Gasteiger partial charge in [-0.2, -0.15) is 8.78 Å². The minimum Gasteiger partial charge on any atom is -0.435 e. The molecule has 0 atom stereocenters. The molecular weight excluding hydrogens is 296 g/mol. The van der Waals surface area contributed by atoms with Gasteiger partial charge >= 0.3 is 6.61 Å². The first-order valence-electron chi connectivity index (χ1n) is 6.04. The van der Waals surface area contributed by atoms with Crippen LogP contribution in [0.25, 0.3) is 0 Å². The lowest BCUT2D eigenvalue weighted by molar-refractivity contribution is -0.0498. The summed E-state index contributed by atoms with van der Waals surface area (Å²) < 4.78 is 28.4. The molecule has 0 saturated carbocycles. The van der Waals surface area contributed by atoms with Crippen LogP contribution in [0.4, 0.5) is 20.3 Å². The highest BCUT2D eigenvalue weighted by Crippen LogP contribution is 2.23. The molecule has 110 valence electrons. The van der Waals surface area contributed by atoms with Crippen molar-refractivity contribution in [3.8, 4) is 5.75 Å². The van der Waals surface area contributed by atoms with Crippen LogP contribution in [-0.4, -0.2) is 16.6 Å². The van der Waals surface area contributed by atoms with Gasteiger partial charge in [-0.1, -0.05) is 12.2 Å². The number of pyridine rings is 1. The number of benzene rings is 1. The van der Waals surface area contributed by atoms with Crippen LogP contribution in [0, 0.1) is 6.92 Å². The summed E-state index contributed by atoms with van der Waals surface area (Å²) in [6, 6.07) is 7.88. The Morgan fingerprint density at radius 2 is 1.95 bits per heavy atom. The van der Waals surface area contributed by atoms with E-state index in [2.05, 4.69) is 15.0 Å². The van der Waals surface area contributed by atoms with Crippen LogP contribution in [0.1, 0.15) is 11.1 Å². The van der Waals surface area contributed by atoms with Crippen LogP contribution < -0.4 is 15.8 Å². The summed E-state index contributed by atoms with van der Waals surface area (Å²) in [5, 5.41) is 3.05. The standard InChI is InChI=1S/C14H13F2N3OS/c1-8-6-7-18-13(11(8)12(17)21)19-9-2-4-10(5-3-9)20-14(15)16/h2-7,14H,1H3,(H2,17,21)(H,18,19). The van der Waals surface area contributed by atoms with Crippen molar-refractivity contribution in [3.05, 3.63) is 47.7 Å². The fourth-order valence-electron chi connectivity index (χ4n) is 1.82. The molecule has 7 heteroatoms. The normalized spacial score (nSPS) is 10.5.